The second-order valence-electron chi connectivity index (χ2n) is 5.66. The molecule has 7 heteroatoms. The van der Waals surface area contributed by atoms with Crippen molar-refractivity contribution >= 4 is 9.84 Å². The zero-order valence-electron chi connectivity index (χ0n) is 11.9. The molecule has 1 N–H and O–H groups in total. The lowest BCUT2D eigenvalue weighted by atomic mass is 9.95. The molecule has 0 aromatic carbocycles. The Morgan fingerprint density at radius 3 is 2.55 bits per heavy atom. The summed E-state index contributed by atoms with van der Waals surface area (Å²) in [4.78, 5) is 0. The van der Waals surface area contributed by atoms with Crippen LogP contribution in [-0.2, 0) is 9.84 Å². The molecule has 0 bridgehead atoms. The third-order valence-corrected chi connectivity index (χ3v) is 5.48. The Morgan fingerprint density at radius 2 is 2.05 bits per heavy atom. The van der Waals surface area contributed by atoms with Crippen molar-refractivity contribution in [3.05, 3.63) is 0 Å². The number of rotatable bonds is 8. The predicted octanol–water partition coefficient (Wildman–Crippen LogP) is 2.91. The Kier molecular flexibility index (Phi) is 6.78. The van der Waals surface area contributed by atoms with Gasteiger partial charge in [-0.3, -0.25) is 0 Å². The van der Waals surface area contributed by atoms with Crippen LogP contribution in [0.2, 0.25) is 0 Å². The molecule has 0 radical (unpaired) electrons. The van der Waals surface area contributed by atoms with Crippen molar-refractivity contribution in [3.8, 4) is 0 Å². The highest BCUT2D eigenvalue weighted by Gasteiger charge is 2.30. The number of nitrogens with one attached hydrogen (secondary N) is 1. The third kappa shape index (κ3) is 7.47. The number of hydrogen-bond donors (Lipinski definition) is 1. The van der Waals surface area contributed by atoms with Crippen molar-refractivity contribution in [2.75, 3.05) is 18.1 Å². The molecular formula is C13H24F3NO2S. The molecule has 0 saturated carbocycles. The van der Waals surface area contributed by atoms with Crippen LogP contribution >= 0.6 is 0 Å². The summed E-state index contributed by atoms with van der Waals surface area (Å²) in [5, 5.41) is 3.25. The first-order valence-corrected chi connectivity index (χ1v) is 9.04. The van der Waals surface area contributed by atoms with Gasteiger partial charge in [0.25, 0.3) is 0 Å². The summed E-state index contributed by atoms with van der Waals surface area (Å²) in [7, 11) is -2.91. The van der Waals surface area contributed by atoms with Crippen LogP contribution in [0.3, 0.4) is 0 Å². The van der Waals surface area contributed by atoms with Gasteiger partial charge in [-0.25, -0.2) is 8.42 Å². The zero-order valence-corrected chi connectivity index (χ0v) is 12.7. The molecule has 2 atom stereocenters. The van der Waals surface area contributed by atoms with Crippen molar-refractivity contribution in [3.63, 3.8) is 0 Å². The van der Waals surface area contributed by atoms with Crippen molar-refractivity contribution in [2.24, 2.45) is 5.92 Å². The Hall–Kier alpha value is -0.300. The molecule has 0 spiro atoms. The molecule has 0 aromatic heterocycles. The molecule has 1 aliphatic heterocycles. The number of halogens is 3. The van der Waals surface area contributed by atoms with Crippen molar-refractivity contribution in [1.29, 1.82) is 0 Å². The quantitative estimate of drug-likeness (QED) is 0.749. The summed E-state index contributed by atoms with van der Waals surface area (Å²) < 4.78 is 59.3. The summed E-state index contributed by atoms with van der Waals surface area (Å²) in [6, 6.07) is -0.00407. The van der Waals surface area contributed by atoms with Gasteiger partial charge in [0.2, 0.25) is 0 Å². The molecule has 1 heterocycles. The molecule has 120 valence electrons. The summed E-state index contributed by atoms with van der Waals surface area (Å²) >= 11 is 0. The molecule has 0 aromatic rings. The fourth-order valence-corrected chi connectivity index (χ4v) is 4.54. The highest BCUT2D eigenvalue weighted by molar-refractivity contribution is 7.91. The second-order valence-corrected chi connectivity index (χ2v) is 7.89. The molecule has 0 amide bonds. The van der Waals surface area contributed by atoms with E-state index in [0.29, 0.717) is 19.3 Å². The van der Waals surface area contributed by atoms with Crippen LogP contribution in [-0.4, -0.2) is 38.7 Å². The monoisotopic (exact) mass is 315 g/mol. The van der Waals surface area contributed by atoms with Gasteiger partial charge in [-0.2, -0.15) is 13.2 Å². The van der Waals surface area contributed by atoms with E-state index in [1.165, 1.54) is 0 Å². The minimum atomic E-state index is -4.11. The van der Waals surface area contributed by atoms with E-state index in [-0.39, 0.29) is 29.9 Å². The van der Waals surface area contributed by atoms with E-state index in [1.54, 1.807) is 0 Å². The van der Waals surface area contributed by atoms with Crippen molar-refractivity contribution < 1.29 is 21.6 Å². The predicted molar refractivity (Wildman–Crippen MR) is 73.4 cm³/mol. The van der Waals surface area contributed by atoms with Gasteiger partial charge in [-0.1, -0.05) is 6.92 Å². The molecule has 0 aliphatic carbocycles. The maximum absolute atomic E-state index is 12.2. The van der Waals surface area contributed by atoms with E-state index >= 15 is 0 Å². The molecule has 1 rings (SSSR count). The summed E-state index contributed by atoms with van der Waals surface area (Å²) in [5.74, 6) is 0.511. The van der Waals surface area contributed by atoms with Gasteiger partial charge in [-0.15, -0.1) is 0 Å². The van der Waals surface area contributed by atoms with Crippen LogP contribution in [0, 0.1) is 5.92 Å². The van der Waals surface area contributed by atoms with Gasteiger partial charge in [-0.05, 0) is 44.6 Å². The van der Waals surface area contributed by atoms with Gasteiger partial charge in [0, 0.05) is 12.5 Å². The smallest absolute Gasteiger partial charge is 0.314 e. The fourth-order valence-electron chi connectivity index (χ4n) is 2.66. The van der Waals surface area contributed by atoms with Gasteiger partial charge >= 0.3 is 6.18 Å². The standard InChI is InChI=1S/C13H24F3NO2S/c1-2-7-17-12(4-3-6-13(14,15)16)9-11-5-8-20(18,19)10-11/h11-12,17H,2-10H2,1H3. The Bertz CT molecular complexity index is 382. The molecule has 2 unspecified atom stereocenters. The minimum Gasteiger partial charge on any atom is -0.314 e. The van der Waals surface area contributed by atoms with E-state index in [2.05, 4.69) is 5.32 Å². The maximum Gasteiger partial charge on any atom is 0.389 e. The molecule has 3 nitrogen and oxygen atoms in total. The van der Waals surface area contributed by atoms with Gasteiger partial charge < -0.3 is 5.32 Å². The van der Waals surface area contributed by atoms with Gasteiger partial charge in [0.05, 0.1) is 11.5 Å². The van der Waals surface area contributed by atoms with Crippen LogP contribution in [0.25, 0.3) is 0 Å². The Morgan fingerprint density at radius 1 is 1.35 bits per heavy atom. The van der Waals surface area contributed by atoms with Crippen molar-refractivity contribution in [2.45, 2.75) is 57.7 Å². The van der Waals surface area contributed by atoms with E-state index < -0.39 is 22.4 Å². The highest BCUT2D eigenvalue weighted by atomic mass is 32.2. The number of alkyl halides is 3. The minimum absolute atomic E-state index is 0.00407. The first-order valence-electron chi connectivity index (χ1n) is 7.22. The second kappa shape index (κ2) is 7.64. The van der Waals surface area contributed by atoms with E-state index in [1.807, 2.05) is 6.92 Å². The lowest BCUT2D eigenvalue weighted by Crippen LogP contribution is -2.32. The average molecular weight is 315 g/mol. The molecule has 1 saturated heterocycles. The van der Waals surface area contributed by atoms with Crippen LogP contribution < -0.4 is 5.32 Å². The Balaban J connectivity index is 2.39. The van der Waals surface area contributed by atoms with Gasteiger partial charge in [0.15, 0.2) is 9.84 Å². The average Bonchev–Trinajstić information content (AvgIpc) is 2.63. The highest BCUT2D eigenvalue weighted by Crippen LogP contribution is 2.26. The van der Waals surface area contributed by atoms with E-state index in [9.17, 15) is 21.6 Å². The first-order chi connectivity index (χ1) is 9.22. The van der Waals surface area contributed by atoms with Gasteiger partial charge in [0.1, 0.15) is 0 Å². The normalized spacial score (nSPS) is 23.9. The van der Waals surface area contributed by atoms with Crippen molar-refractivity contribution in [1.82, 2.24) is 5.32 Å². The fraction of sp³-hybridized carbons (Fsp3) is 1.00. The molecule has 1 fully saturated rings. The number of hydrogen-bond acceptors (Lipinski definition) is 3. The van der Waals surface area contributed by atoms with E-state index in [0.717, 1.165) is 13.0 Å². The maximum atomic E-state index is 12.2. The molecule has 20 heavy (non-hydrogen) atoms. The number of sulfone groups is 1. The first kappa shape index (κ1) is 17.8. The topological polar surface area (TPSA) is 46.2 Å². The molecule has 1 aliphatic rings. The van der Waals surface area contributed by atoms with Crippen LogP contribution in [0.1, 0.15) is 45.4 Å². The lowest BCUT2D eigenvalue weighted by molar-refractivity contribution is -0.135. The summed E-state index contributed by atoms with van der Waals surface area (Å²) in [6.45, 7) is 2.76. The summed E-state index contributed by atoms with van der Waals surface area (Å²) in [5.41, 5.74) is 0. The SMILES string of the molecule is CCCNC(CCCC(F)(F)F)CC1CCS(=O)(=O)C1. The third-order valence-electron chi connectivity index (χ3n) is 3.64. The largest absolute Gasteiger partial charge is 0.389 e. The lowest BCUT2D eigenvalue weighted by Gasteiger charge is -2.21. The molecular weight excluding hydrogens is 291 g/mol. The van der Waals surface area contributed by atoms with Crippen LogP contribution in [0.4, 0.5) is 13.2 Å². The zero-order chi connectivity index (χ0) is 15.2. The van der Waals surface area contributed by atoms with Crippen LogP contribution in [0.5, 0.6) is 0 Å². The van der Waals surface area contributed by atoms with Crippen LogP contribution in [0.15, 0.2) is 0 Å². The van der Waals surface area contributed by atoms with E-state index in [4.69, 9.17) is 0 Å². The summed E-state index contributed by atoms with van der Waals surface area (Å²) in [6.07, 6.45) is -2.09. The Labute approximate surface area is 119 Å².